The fourth-order valence-electron chi connectivity index (χ4n) is 1.97. The highest BCUT2D eigenvalue weighted by Gasteiger charge is 2.20. The number of rotatable bonds is 7. The summed E-state index contributed by atoms with van der Waals surface area (Å²) in [4.78, 5) is 10.8. The molecule has 0 saturated carbocycles. The molecular weight excluding hydrogens is 316 g/mol. The van der Waals surface area contributed by atoms with E-state index in [2.05, 4.69) is 0 Å². The summed E-state index contributed by atoms with van der Waals surface area (Å²) in [5.41, 5.74) is 5.89. The lowest BCUT2D eigenvalue weighted by Crippen LogP contribution is -2.26. The van der Waals surface area contributed by atoms with E-state index in [1.807, 2.05) is 30.3 Å². The highest BCUT2D eigenvalue weighted by Crippen LogP contribution is 2.20. The Balaban J connectivity index is 2.10. The van der Waals surface area contributed by atoms with E-state index in [1.165, 1.54) is 35.6 Å². The van der Waals surface area contributed by atoms with Crippen molar-refractivity contribution in [3.05, 3.63) is 60.2 Å². The molecule has 0 fully saturated rings. The third kappa shape index (κ3) is 4.54. The van der Waals surface area contributed by atoms with Crippen LogP contribution in [0.3, 0.4) is 0 Å². The van der Waals surface area contributed by atoms with Gasteiger partial charge in [0.05, 0.1) is 4.90 Å². The first-order valence-corrected chi connectivity index (χ1v) is 8.35. The number of hydrogen-bond donors (Lipinski definition) is 1. The molecule has 0 unspecified atom stereocenters. The fourth-order valence-corrected chi connectivity index (χ4v) is 3.13. The number of sulfonamides is 1. The van der Waals surface area contributed by atoms with Crippen LogP contribution < -0.4 is 10.5 Å². The smallest absolute Gasteiger partial charge is 0.255 e. The predicted molar refractivity (Wildman–Crippen MR) is 86.2 cm³/mol. The van der Waals surface area contributed by atoms with Gasteiger partial charge in [-0.25, -0.2) is 8.42 Å². The lowest BCUT2D eigenvalue weighted by atomic mass is 10.2. The van der Waals surface area contributed by atoms with E-state index >= 15 is 0 Å². The second kappa shape index (κ2) is 7.26. The zero-order chi connectivity index (χ0) is 16.9. The van der Waals surface area contributed by atoms with Crippen molar-refractivity contribution in [3.63, 3.8) is 0 Å². The summed E-state index contributed by atoms with van der Waals surface area (Å²) in [6.45, 7) is 0.0309. The Bertz CT molecular complexity index is 758. The molecule has 23 heavy (non-hydrogen) atoms. The van der Waals surface area contributed by atoms with Gasteiger partial charge in [0.2, 0.25) is 10.0 Å². The third-order valence-electron chi connectivity index (χ3n) is 3.16. The Morgan fingerprint density at radius 3 is 2.26 bits per heavy atom. The Morgan fingerprint density at radius 2 is 1.70 bits per heavy atom. The Morgan fingerprint density at radius 1 is 1.09 bits per heavy atom. The summed E-state index contributed by atoms with van der Waals surface area (Å²) >= 11 is 0. The molecule has 0 aliphatic rings. The molecule has 7 heteroatoms. The molecule has 2 N–H and O–H groups in total. The summed E-state index contributed by atoms with van der Waals surface area (Å²) in [7, 11) is -2.07. The quantitative estimate of drug-likeness (QED) is 0.828. The molecule has 0 atom stereocenters. The molecule has 2 rings (SSSR count). The van der Waals surface area contributed by atoms with Crippen molar-refractivity contribution in [2.45, 2.75) is 11.4 Å². The van der Waals surface area contributed by atoms with Gasteiger partial charge in [-0.05, 0) is 29.8 Å². The van der Waals surface area contributed by atoms with Gasteiger partial charge in [-0.1, -0.05) is 30.3 Å². The van der Waals surface area contributed by atoms with Crippen molar-refractivity contribution in [1.29, 1.82) is 0 Å². The number of nitrogens with two attached hydrogens (primary N) is 1. The van der Waals surface area contributed by atoms with Crippen LogP contribution >= 0.6 is 0 Å². The van der Waals surface area contributed by atoms with Gasteiger partial charge in [-0.3, -0.25) is 4.79 Å². The first-order chi connectivity index (χ1) is 10.9. The van der Waals surface area contributed by atoms with E-state index in [4.69, 9.17) is 10.5 Å². The van der Waals surface area contributed by atoms with Crippen molar-refractivity contribution >= 4 is 15.9 Å². The summed E-state index contributed by atoms with van der Waals surface area (Å²) in [6.07, 6.45) is 0. The van der Waals surface area contributed by atoms with Gasteiger partial charge < -0.3 is 10.5 Å². The van der Waals surface area contributed by atoms with Gasteiger partial charge in [0.1, 0.15) is 5.75 Å². The van der Waals surface area contributed by atoms with Gasteiger partial charge in [0.25, 0.3) is 5.91 Å². The van der Waals surface area contributed by atoms with Crippen LogP contribution in [0.2, 0.25) is 0 Å². The van der Waals surface area contributed by atoms with Crippen molar-refractivity contribution < 1.29 is 17.9 Å². The predicted octanol–water partition coefficient (Wildman–Crippen LogP) is 1.37. The van der Waals surface area contributed by atoms with E-state index in [9.17, 15) is 13.2 Å². The van der Waals surface area contributed by atoms with Crippen LogP contribution in [0, 0.1) is 0 Å². The number of carbonyl (C=O) groups is 1. The Labute approximate surface area is 135 Å². The van der Waals surface area contributed by atoms with Crippen molar-refractivity contribution in [3.8, 4) is 5.75 Å². The lowest BCUT2D eigenvalue weighted by molar-refractivity contribution is -0.119. The van der Waals surface area contributed by atoms with Crippen LogP contribution in [-0.2, 0) is 21.4 Å². The molecule has 0 saturated heterocycles. The summed E-state index contributed by atoms with van der Waals surface area (Å²) in [5, 5.41) is 0. The standard InChI is InChI=1S/C16H18N2O4S/c1-18(11-13-5-3-2-4-6-13)23(20,21)15-9-7-14(8-10-15)22-12-16(17)19/h2-10H,11-12H2,1H3,(H2,17,19). The second-order valence-electron chi connectivity index (χ2n) is 4.97. The van der Waals surface area contributed by atoms with Crippen LogP contribution in [0.1, 0.15) is 5.56 Å². The van der Waals surface area contributed by atoms with Crippen LogP contribution in [0.15, 0.2) is 59.5 Å². The number of ether oxygens (including phenoxy) is 1. The van der Waals surface area contributed by atoms with Crippen molar-refractivity contribution in [2.24, 2.45) is 5.73 Å². The lowest BCUT2D eigenvalue weighted by Gasteiger charge is -2.17. The van der Waals surface area contributed by atoms with Gasteiger partial charge in [0, 0.05) is 13.6 Å². The maximum atomic E-state index is 12.5. The molecule has 0 bridgehead atoms. The monoisotopic (exact) mass is 334 g/mol. The molecule has 0 spiro atoms. The number of nitrogens with zero attached hydrogens (tertiary/aromatic N) is 1. The molecule has 122 valence electrons. The van der Waals surface area contributed by atoms with E-state index in [0.29, 0.717) is 5.75 Å². The summed E-state index contributed by atoms with van der Waals surface area (Å²) in [5.74, 6) is -0.210. The van der Waals surface area contributed by atoms with E-state index in [0.717, 1.165) is 5.56 Å². The van der Waals surface area contributed by atoms with Gasteiger partial charge in [-0.2, -0.15) is 4.31 Å². The highest BCUT2D eigenvalue weighted by atomic mass is 32.2. The van der Waals surface area contributed by atoms with E-state index < -0.39 is 15.9 Å². The van der Waals surface area contributed by atoms with E-state index in [1.54, 1.807) is 0 Å². The second-order valence-corrected chi connectivity index (χ2v) is 7.02. The van der Waals surface area contributed by atoms with Crippen LogP contribution in [0.4, 0.5) is 0 Å². The molecule has 2 aromatic carbocycles. The normalized spacial score (nSPS) is 11.4. The number of primary amides is 1. The van der Waals surface area contributed by atoms with Crippen molar-refractivity contribution in [2.75, 3.05) is 13.7 Å². The summed E-state index contributed by atoms with van der Waals surface area (Å²) < 4.78 is 31.4. The van der Waals surface area contributed by atoms with Crippen LogP contribution in [-0.4, -0.2) is 32.3 Å². The molecule has 0 aliphatic carbocycles. The van der Waals surface area contributed by atoms with Crippen LogP contribution in [0.25, 0.3) is 0 Å². The number of carbonyl (C=O) groups excluding carboxylic acids is 1. The van der Waals surface area contributed by atoms with Gasteiger partial charge >= 0.3 is 0 Å². The summed E-state index contributed by atoms with van der Waals surface area (Å²) in [6, 6.07) is 15.2. The molecule has 0 aliphatic heterocycles. The average Bonchev–Trinajstić information content (AvgIpc) is 2.54. The molecular formula is C16H18N2O4S. The number of benzene rings is 2. The SMILES string of the molecule is CN(Cc1ccccc1)S(=O)(=O)c1ccc(OCC(N)=O)cc1. The first-order valence-electron chi connectivity index (χ1n) is 6.91. The largest absolute Gasteiger partial charge is 0.484 e. The first kappa shape index (κ1) is 17.0. The number of amides is 1. The Kier molecular flexibility index (Phi) is 5.36. The number of hydrogen-bond acceptors (Lipinski definition) is 4. The van der Waals surface area contributed by atoms with E-state index in [-0.39, 0.29) is 18.0 Å². The minimum Gasteiger partial charge on any atom is -0.484 e. The minimum atomic E-state index is -3.60. The molecule has 0 radical (unpaired) electrons. The zero-order valence-electron chi connectivity index (χ0n) is 12.7. The average molecular weight is 334 g/mol. The molecule has 6 nitrogen and oxygen atoms in total. The van der Waals surface area contributed by atoms with Crippen molar-refractivity contribution in [1.82, 2.24) is 4.31 Å². The topological polar surface area (TPSA) is 89.7 Å². The van der Waals surface area contributed by atoms with Crippen LogP contribution in [0.5, 0.6) is 5.75 Å². The zero-order valence-corrected chi connectivity index (χ0v) is 13.5. The fraction of sp³-hybridized carbons (Fsp3) is 0.188. The Hall–Kier alpha value is -2.38. The maximum absolute atomic E-state index is 12.5. The molecule has 2 aromatic rings. The maximum Gasteiger partial charge on any atom is 0.255 e. The van der Waals surface area contributed by atoms with Gasteiger partial charge in [-0.15, -0.1) is 0 Å². The molecule has 1 amide bonds. The highest BCUT2D eigenvalue weighted by molar-refractivity contribution is 7.89. The van der Waals surface area contributed by atoms with Gasteiger partial charge in [0.15, 0.2) is 6.61 Å². The molecule has 0 heterocycles. The third-order valence-corrected chi connectivity index (χ3v) is 4.98. The molecule has 0 aromatic heterocycles. The minimum absolute atomic E-state index is 0.155.